The summed E-state index contributed by atoms with van der Waals surface area (Å²) in [7, 11) is 0. The Balaban J connectivity index is 1.53. The van der Waals surface area contributed by atoms with E-state index in [0.29, 0.717) is 5.92 Å². The summed E-state index contributed by atoms with van der Waals surface area (Å²) in [6.45, 7) is 2.21. The Kier molecular flexibility index (Phi) is 9.11. The lowest BCUT2D eigenvalue weighted by molar-refractivity contribution is -0.186. The Bertz CT molecular complexity index is 922. The van der Waals surface area contributed by atoms with Crippen molar-refractivity contribution in [3.63, 3.8) is 0 Å². The van der Waals surface area contributed by atoms with Gasteiger partial charge in [-0.1, -0.05) is 70.4 Å². The minimum absolute atomic E-state index is 0.0567. The molecular formula is C27H31F7O. The zero-order valence-electron chi connectivity index (χ0n) is 19.7. The molecule has 1 aliphatic carbocycles. The first-order chi connectivity index (χ1) is 16.5. The van der Waals surface area contributed by atoms with Crippen LogP contribution in [0, 0.1) is 23.5 Å². The van der Waals surface area contributed by atoms with Crippen molar-refractivity contribution in [2.24, 2.45) is 11.8 Å². The number of benzene rings is 2. The zero-order chi connectivity index (χ0) is 25.6. The van der Waals surface area contributed by atoms with Crippen LogP contribution in [0.3, 0.4) is 0 Å². The molecule has 1 saturated carbocycles. The summed E-state index contributed by atoms with van der Waals surface area (Å²) >= 11 is 0. The molecule has 0 bridgehead atoms. The minimum atomic E-state index is -5.34. The number of alkyl halides is 5. The van der Waals surface area contributed by atoms with E-state index in [2.05, 4.69) is 11.7 Å². The lowest BCUT2D eigenvalue weighted by atomic mass is 9.78. The average Bonchev–Trinajstić information content (AvgIpc) is 2.78. The number of unbranched alkanes of at least 4 members (excludes halogenated alkanes) is 2. The van der Waals surface area contributed by atoms with Gasteiger partial charge in [-0.2, -0.15) is 22.0 Å². The molecule has 194 valence electrons. The molecule has 0 amide bonds. The summed E-state index contributed by atoms with van der Waals surface area (Å²) in [5, 5.41) is 0. The zero-order valence-corrected chi connectivity index (χ0v) is 19.7. The third kappa shape index (κ3) is 7.61. The van der Waals surface area contributed by atoms with Crippen molar-refractivity contribution >= 4 is 0 Å². The molecular weight excluding hydrogens is 473 g/mol. The van der Waals surface area contributed by atoms with Crippen LogP contribution in [0.25, 0.3) is 0 Å². The second-order valence-electron chi connectivity index (χ2n) is 9.50. The quantitative estimate of drug-likeness (QED) is 0.231. The lowest BCUT2D eigenvalue weighted by Gasteiger charge is -2.28. The van der Waals surface area contributed by atoms with Crippen LogP contribution in [0.4, 0.5) is 30.7 Å². The van der Waals surface area contributed by atoms with Crippen molar-refractivity contribution in [3.8, 4) is 5.75 Å². The Labute approximate surface area is 201 Å². The van der Waals surface area contributed by atoms with E-state index >= 15 is 0 Å². The highest BCUT2D eigenvalue weighted by Crippen LogP contribution is 2.38. The highest BCUT2D eigenvalue weighted by atomic mass is 19.4. The summed E-state index contributed by atoms with van der Waals surface area (Å²) in [6, 6.07) is 5.83. The van der Waals surface area contributed by atoms with Gasteiger partial charge in [0.1, 0.15) is 22.9 Å². The number of hydrogen-bond acceptors (Lipinski definition) is 1. The number of halogens is 7. The fourth-order valence-corrected chi connectivity index (χ4v) is 4.81. The number of aryl methyl sites for hydroxylation is 1. The van der Waals surface area contributed by atoms with Gasteiger partial charge in [0.05, 0.1) is 5.56 Å². The van der Waals surface area contributed by atoms with Gasteiger partial charge in [0, 0.05) is 0 Å². The fraction of sp³-hybridized carbons (Fsp3) is 0.556. The second kappa shape index (κ2) is 11.7. The summed E-state index contributed by atoms with van der Waals surface area (Å²) in [5.41, 5.74) is -2.60. The van der Waals surface area contributed by atoms with Gasteiger partial charge >= 0.3 is 12.3 Å². The van der Waals surface area contributed by atoms with Crippen LogP contribution in [0.5, 0.6) is 5.75 Å². The van der Waals surface area contributed by atoms with Gasteiger partial charge < -0.3 is 4.74 Å². The summed E-state index contributed by atoms with van der Waals surface area (Å²) < 4.78 is 98.9. The summed E-state index contributed by atoms with van der Waals surface area (Å²) in [5.74, 6) is -3.01. The van der Waals surface area contributed by atoms with Gasteiger partial charge in [-0.15, -0.1) is 0 Å². The lowest BCUT2D eigenvalue weighted by Crippen LogP contribution is -2.23. The molecule has 2 aromatic carbocycles. The third-order valence-corrected chi connectivity index (χ3v) is 6.85. The summed E-state index contributed by atoms with van der Waals surface area (Å²) in [4.78, 5) is 0. The topological polar surface area (TPSA) is 9.23 Å². The van der Waals surface area contributed by atoms with Gasteiger partial charge in [-0.25, -0.2) is 8.78 Å². The molecule has 1 fully saturated rings. The van der Waals surface area contributed by atoms with Crippen LogP contribution >= 0.6 is 0 Å². The minimum Gasteiger partial charge on any atom is -0.429 e. The van der Waals surface area contributed by atoms with E-state index in [1.807, 2.05) is 0 Å². The van der Waals surface area contributed by atoms with Crippen molar-refractivity contribution in [1.82, 2.24) is 0 Å². The smallest absolute Gasteiger partial charge is 0.426 e. The van der Waals surface area contributed by atoms with Gasteiger partial charge in [0.15, 0.2) is 0 Å². The van der Waals surface area contributed by atoms with Crippen molar-refractivity contribution < 1.29 is 35.5 Å². The molecule has 0 aromatic heterocycles. The van der Waals surface area contributed by atoms with E-state index in [4.69, 9.17) is 0 Å². The Morgan fingerprint density at radius 2 is 1.34 bits per heavy atom. The van der Waals surface area contributed by atoms with E-state index < -0.39 is 35.0 Å². The van der Waals surface area contributed by atoms with E-state index in [0.717, 1.165) is 24.3 Å². The molecule has 2 aromatic rings. The third-order valence-electron chi connectivity index (χ3n) is 6.85. The molecule has 1 nitrogen and oxygen atoms in total. The molecule has 3 rings (SSSR count). The van der Waals surface area contributed by atoms with Crippen LogP contribution in [0.2, 0.25) is 0 Å². The molecule has 0 heterocycles. The van der Waals surface area contributed by atoms with Gasteiger partial charge in [0.25, 0.3) is 0 Å². The first kappa shape index (κ1) is 27.3. The summed E-state index contributed by atoms with van der Waals surface area (Å²) in [6.07, 6.45) is 2.37. The van der Waals surface area contributed by atoms with Crippen molar-refractivity contribution in [2.75, 3.05) is 0 Å². The molecule has 0 radical (unpaired) electrons. The van der Waals surface area contributed by atoms with E-state index in [1.165, 1.54) is 63.5 Å². The Hall–Kier alpha value is -2.25. The highest BCUT2D eigenvalue weighted by molar-refractivity contribution is 5.32. The molecule has 0 N–H and O–H groups in total. The van der Waals surface area contributed by atoms with Gasteiger partial charge in [-0.3, -0.25) is 0 Å². The molecule has 0 aliphatic heterocycles. The molecule has 8 heteroatoms. The largest absolute Gasteiger partial charge is 0.429 e. The maximum Gasteiger partial charge on any atom is 0.426 e. The highest BCUT2D eigenvalue weighted by Gasteiger charge is 2.42. The van der Waals surface area contributed by atoms with Crippen molar-refractivity contribution in [3.05, 3.63) is 64.7 Å². The molecule has 0 spiro atoms. The first-order valence-electron chi connectivity index (χ1n) is 12.2. The van der Waals surface area contributed by atoms with E-state index in [1.54, 1.807) is 12.1 Å². The van der Waals surface area contributed by atoms with Crippen LogP contribution in [-0.2, 0) is 18.7 Å². The molecule has 35 heavy (non-hydrogen) atoms. The number of rotatable bonds is 10. The molecule has 0 unspecified atom stereocenters. The predicted molar refractivity (Wildman–Crippen MR) is 120 cm³/mol. The van der Waals surface area contributed by atoms with Crippen LogP contribution in [-0.4, -0.2) is 0 Å². The monoisotopic (exact) mass is 504 g/mol. The molecule has 0 atom stereocenters. The Morgan fingerprint density at radius 3 is 1.86 bits per heavy atom. The SMILES string of the molecule is CCCCCC1CCC(CCc2ccc(OC(F)(F)c3cc(F)c(C(F)(F)F)c(F)c3)cc2)CC1. The van der Waals surface area contributed by atoms with Crippen molar-refractivity contribution in [2.45, 2.75) is 83.4 Å². The molecule has 0 saturated heterocycles. The van der Waals surface area contributed by atoms with Gasteiger partial charge in [0.2, 0.25) is 0 Å². The van der Waals surface area contributed by atoms with E-state index in [-0.39, 0.29) is 17.9 Å². The standard InChI is InChI=1S/C27H31F7O/c1-2-3-4-5-18-6-8-19(9-7-18)10-11-20-12-14-22(15-13-20)35-27(33,34)21-16-23(28)25(24(29)17-21)26(30,31)32/h12-19H,2-11H2,1H3. The maximum absolute atomic E-state index is 14.4. The fourth-order valence-electron chi connectivity index (χ4n) is 4.81. The average molecular weight is 505 g/mol. The molecule has 1 aliphatic rings. The van der Waals surface area contributed by atoms with Crippen LogP contribution < -0.4 is 4.74 Å². The Morgan fingerprint density at radius 1 is 0.800 bits per heavy atom. The van der Waals surface area contributed by atoms with Crippen LogP contribution in [0.15, 0.2) is 36.4 Å². The first-order valence-corrected chi connectivity index (χ1v) is 12.2. The predicted octanol–water partition coefficient (Wildman–Crippen LogP) is 9.43. The van der Waals surface area contributed by atoms with Gasteiger partial charge in [-0.05, 0) is 54.5 Å². The normalized spacial score (nSPS) is 19.1. The second-order valence-corrected chi connectivity index (χ2v) is 9.50. The maximum atomic E-state index is 14.4. The van der Waals surface area contributed by atoms with E-state index in [9.17, 15) is 30.7 Å². The van der Waals surface area contributed by atoms with Crippen molar-refractivity contribution in [1.29, 1.82) is 0 Å². The number of hydrogen-bond donors (Lipinski definition) is 0. The number of ether oxygens (including phenoxy) is 1. The van der Waals surface area contributed by atoms with Crippen LogP contribution in [0.1, 0.15) is 81.4 Å².